The fourth-order valence-corrected chi connectivity index (χ4v) is 3.61. The van der Waals surface area contributed by atoms with E-state index in [1.165, 1.54) is 12.4 Å². The number of alkyl halides is 4. The molecule has 0 bridgehead atoms. The van der Waals surface area contributed by atoms with Crippen molar-refractivity contribution in [2.75, 3.05) is 11.9 Å². The van der Waals surface area contributed by atoms with Gasteiger partial charge >= 0.3 is 12.3 Å². The summed E-state index contributed by atoms with van der Waals surface area (Å²) >= 11 is 0. The molecular weight excluding hydrogens is 444 g/mol. The first-order chi connectivity index (χ1) is 15.6. The second kappa shape index (κ2) is 8.60. The van der Waals surface area contributed by atoms with Gasteiger partial charge in [0.25, 0.3) is 5.91 Å². The lowest BCUT2D eigenvalue weighted by molar-refractivity contribution is -0.148. The predicted octanol–water partition coefficient (Wildman–Crippen LogP) is 4.13. The summed E-state index contributed by atoms with van der Waals surface area (Å²) in [6, 6.07) is 2.76. The normalized spacial score (nSPS) is 16.7. The monoisotopic (exact) mass is 466 g/mol. The molecule has 1 aliphatic carbocycles. The van der Waals surface area contributed by atoms with E-state index in [0.717, 1.165) is 12.8 Å². The topological polar surface area (TPSA) is 84.4 Å². The molecule has 7 nitrogen and oxygen atoms in total. The summed E-state index contributed by atoms with van der Waals surface area (Å²) in [6.45, 7) is 2.06. The minimum absolute atomic E-state index is 0.00906. The van der Waals surface area contributed by atoms with Crippen LogP contribution in [0.25, 0.3) is 0 Å². The largest absolute Gasteiger partial charge is 0.471 e. The number of anilines is 1. The molecule has 176 valence electrons. The molecule has 1 fully saturated rings. The van der Waals surface area contributed by atoms with Crippen molar-refractivity contribution in [3.8, 4) is 5.88 Å². The van der Waals surface area contributed by atoms with Crippen molar-refractivity contribution < 1.29 is 31.9 Å². The number of nitrogens with zero attached hydrogens (tertiary/aromatic N) is 3. The van der Waals surface area contributed by atoms with Gasteiger partial charge < -0.3 is 15.0 Å². The van der Waals surface area contributed by atoms with Gasteiger partial charge in [-0.05, 0) is 44.4 Å². The van der Waals surface area contributed by atoms with Crippen LogP contribution in [0.3, 0.4) is 0 Å². The number of pyridine rings is 2. The molecule has 1 saturated carbocycles. The third-order valence-electron chi connectivity index (χ3n) is 5.79. The lowest BCUT2D eigenvalue weighted by Gasteiger charge is -2.25. The maximum absolute atomic E-state index is 13.1. The van der Waals surface area contributed by atoms with Crippen molar-refractivity contribution in [2.24, 2.45) is 5.92 Å². The van der Waals surface area contributed by atoms with E-state index < -0.39 is 25.0 Å². The number of aryl methyl sites for hydroxylation is 1. The average molecular weight is 466 g/mol. The van der Waals surface area contributed by atoms with Crippen LogP contribution < -0.4 is 10.1 Å². The lowest BCUT2D eigenvalue weighted by Crippen LogP contribution is -2.34. The second-order valence-electron chi connectivity index (χ2n) is 8.30. The number of carbonyl (C=O) groups excluding carboxylic acids is 2. The van der Waals surface area contributed by atoms with E-state index in [2.05, 4.69) is 15.3 Å². The molecule has 3 heterocycles. The number of amides is 2. The van der Waals surface area contributed by atoms with E-state index in [1.54, 1.807) is 30.9 Å². The first-order valence-electron chi connectivity index (χ1n) is 10.4. The van der Waals surface area contributed by atoms with Gasteiger partial charge in [-0.25, -0.2) is 18.7 Å². The van der Waals surface area contributed by atoms with Gasteiger partial charge in [0.1, 0.15) is 5.82 Å². The van der Waals surface area contributed by atoms with E-state index in [1.807, 2.05) is 0 Å². The third-order valence-corrected chi connectivity index (χ3v) is 5.79. The van der Waals surface area contributed by atoms with Crippen LogP contribution in [-0.4, -0.2) is 45.6 Å². The number of fused-ring (bicyclic) bond motifs is 1. The Kier molecular flexibility index (Phi) is 5.98. The van der Waals surface area contributed by atoms with Crippen molar-refractivity contribution in [2.45, 2.75) is 51.6 Å². The van der Waals surface area contributed by atoms with Gasteiger partial charge in [0.05, 0.1) is 12.6 Å². The van der Waals surface area contributed by atoms with E-state index in [-0.39, 0.29) is 30.2 Å². The van der Waals surface area contributed by atoms with Crippen LogP contribution in [0.2, 0.25) is 0 Å². The zero-order valence-electron chi connectivity index (χ0n) is 17.9. The molecule has 11 heteroatoms. The highest BCUT2D eigenvalue weighted by Gasteiger charge is 2.42. The summed E-state index contributed by atoms with van der Waals surface area (Å²) in [4.78, 5) is 35.0. The van der Waals surface area contributed by atoms with Crippen molar-refractivity contribution in [1.29, 1.82) is 0 Å². The molecule has 2 aromatic rings. The molecule has 2 amide bonds. The highest BCUT2D eigenvalue weighted by atomic mass is 19.3. The molecule has 0 spiro atoms. The van der Waals surface area contributed by atoms with Gasteiger partial charge in [0, 0.05) is 35.0 Å². The lowest BCUT2D eigenvalue weighted by atomic mass is 10.1. The van der Waals surface area contributed by atoms with E-state index in [4.69, 9.17) is 4.74 Å². The van der Waals surface area contributed by atoms with Crippen molar-refractivity contribution in [1.82, 2.24) is 14.9 Å². The summed E-state index contributed by atoms with van der Waals surface area (Å²) in [6.07, 6.45) is 0.676. The van der Waals surface area contributed by atoms with Crippen molar-refractivity contribution in [3.63, 3.8) is 0 Å². The highest BCUT2D eigenvalue weighted by Crippen LogP contribution is 2.36. The molecule has 1 atom stereocenters. The Balaban J connectivity index is 1.48. The van der Waals surface area contributed by atoms with Crippen LogP contribution in [0.1, 0.15) is 52.9 Å². The third kappa shape index (κ3) is 4.62. The number of carbonyl (C=O) groups is 2. The molecule has 0 radical (unpaired) electrons. The van der Waals surface area contributed by atoms with Gasteiger partial charge in [-0.3, -0.25) is 9.59 Å². The van der Waals surface area contributed by atoms with E-state index >= 15 is 0 Å². The summed E-state index contributed by atoms with van der Waals surface area (Å²) in [5, 5.41) is 2.80. The molecular formula is C22H22F4N4O3. The fraction of sp³-hybridized carbons (Fsp3) is 0.455. The summed E-state index contributed by atoms with van der Waals surface area (Å²) in [5.41, 5.74) is 2.05. The summed E-state index contributed by atoms with van der Waals surface area (Å²) in [7, 11) is 0. The van der Waals surface area contributed by atoms with Crippen molar-refractivity contribution in [3.05, 3.63) is 46.8 Å². The molecule has 1 unspecified atom stereocenters. The van der Waals surface area contributed by atoms with Crippen LogP contribution in [-0.2, 0) is 11.3 Å². The number of halogens is 4. The maximum atomic E-state index is 13.1. The molecule has 1 N–H and O–H groups in total. The van der Waals surface area contributed by atoms with Gasteiger partial charge in [-0.1, -0.05) is 0 Å². The standard InChI is InChI=1S/C22H22F4N4O3/c1-11-7-14(8-28-19(11)33-10-22(25,26)21(23)24)12(2)30-9-16-15(20(30)32)5-6-27-17(16)29-18(31)13-3-4-13/h5-8,12-13,21H,3-4,9-10H2,1-2H3,(H,27,29,31). The number of ether oxygens (including phenoxy) is 1. The predicted molar refractivity (Wildman–Crippen MR) is 109 cm³/mol. The van der Waals surface area contributed by atoms with Crippen molar-refractivity contribution >= 4 is 17.6 Å². The van der Waals surface area contributed by atoms with Gasteiger partial charge in [-0.15, -0.1) is 0 Å². The van der Waals surface area contributed by atoms with Crippen LogP contribution in [0.4, 0.5) is 23.4 Å². The SMILES string of the molecule is Cc1cc(C(C)N2Cc3c(ccnc3NC(=O)C3CC3)C2=O)cnc1OCC(F)(F)C(F)F. The Hall–Kier alpha value is -3.24. The number of nitrogens with one attached hydrogen (secondary N) is 1. The average Bonchev–Trinajstić information content (AvgIpc) is 3.57. The van der Waals surface area contributed by atoms with Crippen LogP contribution in [0, 0.1) is 12.8 Å². The molecule has 4 rings (SSSR count). The summed E-state index contributed by atoms with van der Waals surface area (Å²) < 4.78 is 55.7. The number of rotatable bonds is 8. The Morgan fingerprint density at radius 3 is 2.70 bits per heavy atom. The van der Waals surface area contributed by atoms with Gasteiger partial charge in [-0.2, -0.15) is 8.78 Å². The maximum Gasteiger partial charge on any atom is 0.340 e. The Bertz CT molecular complexity index is 1090. The number of hydrogen-bond donors (Lipinski definition) is 1. The Morgan fingerprint density at radius 1 is 1.33 bits per heavy atom. The molecule has 33 heavy (non-hydrogen) atoms. The Labute approximate surface area is 187 Å². The Morgan fingerprint density at radius 2 is 2.06 bits per heavy atom. The van der Waals surface area contributed by atoms with Crippen LogP contribution in [0.5, 0.6) is 5.88 Å². The molecule has 0 aromatic carbocycles. The summed E-state index contributed by atoms with van der Waals surface area (Å²) in [5.74, 6) is -4.46. The fourth-order valence-electron chi connectivity index (χ4n) is 3.61. The molecule has 2 aromatic heterocycles. The minimum Gasteiger partial charge on any atom is -0.471 e. The number of aromatic nitrogens is 2. The quantitative estimate of drug-likeness (QED) is 0.592. The highest BCUT2D eigenvalue weighted by molar-refractivity contribution is 6.02. The minimum atomic E-state index is -4.28. The molecule has 0 saturated heterocycles. The zero-order valence-corrected chi connectivity index (χ0v) is 17.9. The van der Waals surface area contributed by atoms with Gasteiger partial charge in [0.2, 0.25) is 11.8 Å². The zero-order chi connectivity index (χ0) is 23.9. The first-order valence-corrected chi connectivity index (χ1v) is 10.4. The first kappa shape index (κ1) is 22.9. The van der Waals surface area contributed by atoms with Crippen LogP contribution >= 0.6 is 0 Å². The molecule has 1 aliphatic heterocycles. The smallest absolute Gasteiger partial charge is 0.340 e. The molecule has 2 aliphatic rings. The van der Waals surface area contributed by atoms with E-state index in [9.17, 15) is 27.2 Å². The van der Waals surface area contributed by atoms with E-state index in [0.29, 0.717) is 28.1 Å². The second-order valence-corrected chi connectivity index (χ2v) is 8.30. The van der Waals surface area contributed by atoms with Crippen LogP contribution in [0.15, 0.2) is 24.5 Å². The number of hydrogen-bond acceptors (Lipinski definition) is 5. The van der Waals surface area contributed by atoms with Gasteiger partial charge in [0.15, 0.2) is 6.61 Å².